The van der Waals surface area contributed by atoms with Crippen LogP contribution in [0.5, 0.6) is 0 Å². The molecule has 0 aromatic carbocycles. The van der Waals surface area contributed by atoms with Crippen LogP contribution in [-0.2, 0) is 0 Å². The van der Waals surface area contributed by atoms with Crippen LogP contribution in [0.4, 0.5) is 13.2 Å². The predicted molar refractivity (Wildman–Crippen MR) is 48.3 cm³/mol. The second-order valence-corrected chi connectivity index (χ2v) is 3.53. The average Bonchev–Trinajstić information content (AvgIpc) is 1.97. The van der Waals surface area contributed by atoms with E-state index in [0.717, 1.165) is 6.08 Å². The molecule has 3 heteroatoms. The topological polar surface area (TPSA) is 0 Å². The molecular weight excluding hydrogens is 177 g/mol. The molecule has 0 heterocycles. The van der Waals surface area contributed by atoms with Gasteiger partial charge in [0.1, 0.15) is 0 Å². The van der Waals surface area contributed by atoms with Crippen molar-refractivity contribution in [3.8, 4) is 0 Å². The van der Waals surface area contributed by atoms with Crippen molar-refractivity contribution in [2.75, 3.05) is 0 Å². The van der Waals surface area contributed by atoms with Crippen molar-refractivity contribution in [3.63, 3.8) is 0 Å². The van der Waals surface area contributed by atoms with Crippen molar-refractivity contribution >= 4 is 0 Å². The number of allylic oxidation sites excluding steroid dienone is 3. The van der Waals surface area contributed by atoms with Crippen molar-refractivity contribution in [1.29, 1.82) is 0 Å². The molecule has 1 unspecified atom stereocenters. The first kappa shape index (κ1) is 12.3. The number of halogens is 3. The number of hydrogen-bond acceptors (Lipinski definition) is 0. The largest absolute Gasteiger partial charge is 0.397 e. The van der Waals surface area contributed by atoms with E-state index in [4.69, 9.17) is 0 Å². The molecule has 0 amide bonds. The quantitative estimate of drug-likeness (QED) is 0.594. The minimum Gasteiger partial charge on any atom is -0.170 e. The summed E-state index contributed by atoms with van der Waals surface area (Å²) >= 11 is 0. The highest BCUT2D eigenvalue weighted by Gasteiger charge is 2.50. The van der Waals surface area contributed by atoms with Crippen molar-refractivity contribution < 1.29 is 13.2 Å². The first-order valence-electron chi connectivity index (χ1n) is 4.12. The molecule has 76 valence electrons. The lowest BCUT2D eigenvalue weighted by Gasteiger charge is -2.32. The van der Waals surface area contributed by atoms with Crippen LogP contribution in [0.1, 0.15) is 20.8 Å². The van der Waals surface area contributed by atoms with E-state index in [-0.39, 0.29) is 0 Å². The van der Waals surface area contributed by atoms with Crippen molar-refractivity contribution in [3.05, 3.63) is 24.8 Å². The fourth-order valence-electron chi connectivity index (χ4n) is 0.882. The van der Waals surface area contributed by atoms with Gasteiger partial charge in [0.05, 0.1) is 5.41 Å². The van der Waals surface area contributed by atoms with Gasteiger partial charge in [-0.25, -0.2) is 0 Å². The number of rotatable bonds is 3. The third kappa shape index (κ3) is 2.61. The predicted octanol–water partition coefficient (Wildman–Crippen LogP) is 3.95. The molecule has 0 aromatic rings. The van der Waals surface area contributed by atoms with Crippen LogP contribution in [0.15, 0.2) is 24.8 Å². The van der Waals surface area contributed by atoms with Crippen molar-refractivity contribution in [1.82, 2.24) is 0 Å². The average molecular weight is 192 g/mol. The van der Waals surface area contributed by atoms with E-state index in [9.17, 15) is 13.2 Å². The Balaban J connectivity index is 4.95. The van der Waals surface area contributed by atoms with Gasteiger partial charge in [0.25, 0.3) is 0 Å². The van der Waals surface area contributed by atoms with Crippen LogP contribution >= 0.6 is 0 Å². The third-order valence-corrected chi connectivity index (χ3v) is 2.39. The summed E-state index contributed by atoms with van der Waals surface area (Å²) in [5.41, 5.74) is -1.76. The maximum atomic E-state index is 12.6. The summed E-state index contributed by atoms with van der Waals surface area (Å²) < 4.78 is 37.8. The van der Waals surface area contributed by atoms with E-state index < -0.39 is 17.5 Å². The van der Waals surface area contributed by atoms with Crippen molar-refractivity contribution in [2.45, 2.75) is 26.9 Å². The minimum atomic E-state index is -4.21. The van der Waals surface area contributed by atoms with Crippen LogP contribution in [0.2, 0.25) is 0 Å². The lowest BCUT2D eigenvalue weighted by Crippen LogP contribution is -2.37. The van der Waals surface area contributed by atoms with Crippen LogP contribution in [-0.4, -0.2) is 6.18 Å². The number of hydrogen-bond donors (Lipinski definition) is 0. The monoisotopic (exact) mass is 192 g/mol. The molecule has 0 fully saturated rings. The zero-order chi connectivity index (χ0) is 10.7. The third-order valence-electron chi connectivity index (χ3n) is 2.39. The summed E-state index contributed by atoms with van der Waals surface area (Å²) in [6.45, 7) is 7.66. The molecule has 0 saturated heterocycles. The van der Waals surface area contributed by atoms with Gasteiger partial charge in [-0.1, -0.05) is 38.7 Å². The van der Waals surface area contributed by atoms with Gasteiger partial charge in [0.2, 0.25) is 0 Å². The zero-order valence-corrected chi connectivity index (χ0v) is 8.15. The maximum Gasteiger partial charge on any atom is 0.397 e. The Morgan fingerprint density at radius 1 is 1.23 bits per heavy atom. The molecule has 0 radical (unpaired) electrons. The Bertz CT molecular complexity index is 201. The van der Waals surface area contributed by atoms with Gasteiger partial charge in [-0.3, -0.25) is 0 Å². The van der Waals surface area contributed by atoms with E-state index >= 15 is 0 Å². The summed E-state index contributed by atoms with van der Waals surface area (Å²) in [7, 11) is 0. The van der Waals surface area contributed by atoms with Gasteiger partial charge in [-0.2, -0.15) is 13.2 Å². The SMILES string of the molecule is C=C/C=C\C(C)(C(C)C)C(F)(F)F. The molecule has 0 nitrogen and oxygen atoms in total. The summed E-state index contributed by atoms with van der Waals surface area (Å²) in [4.78, 5) is 0. The highest BCUT2D eigenvalue weighted by Crippen LogP contribution is 2.44. The molecule has 0 aliphatic heterocycles. The molecule has 0 saturated carbocycles. The number of alkyl halides is 3. The first-order chi connectivity index (χ1) is 5.75. The van der Waals surface area contributed by atoms with Crippen molar-refractivity contribution in [2.24, 2.45) is 11.3 Å². The Morgan fingerprint density at radius 3 is 1.92 bits per heavy atom. The molecule has 0 spiro atoms. The van der Waals surface area contributed by atoms with E-state index in [1.807, 2.05) is 0 Å². The lowest BCUT2D eigenvalue weighted by atomic mass is 9.78. The molecule has 0 aromatic heterocycles. The van der Waals surface area contributed by atoms with Gasteiger partial charge in [0.15, 0.2) is 0 Å². The minimum absolute atomic E-state index is 0.483. The highest BCUT2D eigenvalue weighted by molar-refractivity contribution is 5.09. The zero-order valence-electron chi connectivity index (χ0n) is 8.15. The van der Waals surface area contributed by atoms with Gasteiger partial charge in [-0.05, 0) is 12.8 Å². The molecule has 0 rings (SSSR count). The normalized spacial score (nSPS) is 17.8. The van der Waals surface area contributed by atoms with Crippen LogP contribution in [0, 0.1) is 11.3 Å². The Labute approximate surface area is 77.1 Å². The molecular formula is C10H15F3. The summed E-state index contributed by atoms with van der Waals surface area (Å²) in [6, 6.07) is 0. The smallest absolute Gasteiger partial charge is 0.170 e. The first-order valence-corrected chi connectivity index (χ1v) is 4.12. The van der Waals surface area contributed by atoms with E-state index in [1.54, 1.807) is 13.8 Å². The second-order valence-electron chi connectivity index (χ2n) is 3.53. The molecule has 13 heavy (non-hydrogen) atoms. The lowest BCUT2D eigenvalue weighted by molar-refractivity contribution is -0.213. The van der Waals surface area contributed by atoms with E-state index in [2.05, 4.69) is 6.58 Å². The molecule has 0 aliphatic carbocycles. The summed E-state index contributed by atoms with van der Waals surface area (Å²) in [6.07, 6.45) is -0.356. The van der Waals surface area contributed by atoms with E-state index in [0.29, 0.717) is 0 Å². The summed E-state index contributed by atoms with van der Waals surface area (Å²) in [5, 5.41) is 0. The fourth-order valence-corrected chi connectivity index (χ4v) is 0.882. The second kappa shape index (κ2) is 3.99. The van der Waals surface area contributed by atoms with Crippen LogP contribution < -0.4 is 0 Å². The maximum absolute atomic E-state index is 12.6. The molecule has 0 aliphatic rings. The van der Waals surface area contributed by atoms with E-state index in [1.165, 1.54) is 19.1 Å². The van der Waals surface area contributed by atoms with Crippen LogP contribution in [0.25, 0.3) is 0 Å². The van der Waals surface area contributed by atoms with Gasteiger partial charge in [-0.15, -0.1) is 0 Å². The Kier molecular flexibility index (Phi) is 3.76. The molecule has 1 atom stereocenters. The highest BCUT2D eigenvalue weighted by atomic mass is 19.4. The Hall–Kier alpha value is -0.730. The Morgan fingerprint density at radius 2 is 1.69 bits per heavy atom. The molecule has 0 N–H and O–H groups in total. The summed E-state index contributed by atoms with van der Waals surface area (Å²) in [5.74, 6) is -0.483. The molecule has 0 bridgehead atoms. The van der Waals surface area contributed by atoms with Gasteiger partial charge < -0.3 is 0 Å². The van der Waals surface area contributed by atoms with Crippen LogP contribution in [0.3, 0.4) is 0 Å². The van der Waals surface area contributed by atoms with Gasteiger partial charge in [0, 0.05) is 0 Å². The van der Waals surface area contributed by atoms with Gasteiger partial charge >= 0.3 is 6.18 Å². The fraction of sp³-hybridized carbons (Fsp3) is 0.600. The standard InChI is InChI=1S/C10H15F3/c1-5-6-7-9(4,8(2)3)10(11,12)13/h5-8H,1H2,2-4H3/b7-6-.